The molecule has 10 nitrogen and oxygen atoms in total. The Balaban J connectivity index is 0. The molecule has 11 heteroatoms. The molecule has 0 saturated heterocycles. The number of ether oxygens (including phenoxy) is 5. The van der Waals surface area contributed by atoms with Crippen molar-refractivity contribution >= 4 is 45.8 Å². The standard InChI is InChI=1S/C44H54O10.2C3H8.C2H6.H3P/c1-5-16-33-17-22-36(23-18-33)43(48)54-39-27-26-37(53-42(47)35-24-19-34(20-25-35)21-28-40(45)50-4)31-38(39)44(49)52-30-15-13-11-9-7-8-10-12-14-29-51-41(46)32(3)6-2;2*1-3-2;1-2;/h17-28,31-32H,5-16,29-30H2,1-4H3;2*3H2,1-2H3;1-2H3;1H3/b28-21+;;;;. The number of esters is 5. The van der Waals surface area contributed by atoms with Crippen molar-refractivity contribution < 1.29 is 47.7 Å². The molecule has 0 bridgehead atoms. The van der Waals surface area contributed by atoms with Gasteiger partial charge < -0.3 is 23.7 Å². The Labute approximate surface area is 382 Å². The van der Waals surface area contributed by atoms with Gasteiger partial charge in [-0.3, -0.25) is 4.79 Å². The van der Waals surface area contributed by atoms with E-state index in [1.54, 1.807) is 42.5 Å². The summed E-state index contributed by atoms with van der Waals surface area (Å²) in [6.45, 7) is 19.1. The van der Waals surface area contributed by atoms with Crippen LogP contribution in [0.5, 0.6) is 11.5 Å². The van der Waals surface area contributed by atoms with Gasteiger partial charge in [0.1, 0.15) is 17.1 Å². The Hall–Kier alpha value is -4.82. The Morgan fingerprint density at radius 2 is 1.08 bits per heavy atom. The van der Waals surface area contributed by atoms with Crippen LogP contribution in [-0.2, 0) is 30.2 Å². The molecule has 0 aliphatic rings. The van der Waals surface area contributed by atoms with Gasteiger partial charge in [0.15, 0.2) is 0 Å². The fourth-order valence-electron chi connectivity index (χ4n) is 5.37. The molecule has 0 aliphatic carbocycles. The lowest BCUT2D eigenvalue weighted by atomic mass is 10.1. The average molecular weight is 895 g/mol. The van der Waals surface area contributed by atoms with Crippen molar-refractivity contribution in [3.63, 3.8) is 0 Å². The van der Waals surface area contributed by atoms with Crippen LogP contribution in [-0.4, -0.2) is 50.2 Å². The monoisotopic (exact) mass is 895 g/mol. The van der Waals surface area contributed by atoms with E-state index >= 15 is 0 Å². The molecule has 2 atom stereocenters. The molecule has 0 radical (unpaired) electrons. The van der Waals surface area contributed by atoms with E-state index in [0.717, 1.165) is 76.2 Å². The zero-order chi connectivity index (χ0) is 46.5. The summed E-state index contributed by atoms with van der Waals surface area (Å²) < 4.78 is 26.7. The molecular weight excluding hydrogens is 816 g/mol. The number of aryl methyl sites for hydroxylation is 1. The number of unbranched alkanes of at least 4 members (excludes halogenated alkanes) is 8. The number of hydrogen-bond acceptors (Lipinski definition) is 10. The van der Waals surface area contributed by atoms with Crippen LogP contribution in [0.4, 0.5) is 0 Å². The molecule has 2 unspecified atom stereocenters. The molecule has 0 N–H and O–H groups in total. The molecule has 0 saturated carbocycles. The van der Waals surface area contributed by atoms with Crippen LogP contribution in [0.15, 0.2) is 72.8 Å². The van der Waals surface area contributed by atoms with Crippen LogP contribution in [0.3, 0.4) is 0 Å². The quantitative estimate of drug-likeness (QED) is 0.0226. The highest BCUT2D eigenvalue weighted by molar-refractivity contribution is 6.92. The SMILES string of the molecule is CC.CCC.CCC.CCCc1ccc(C(=O)Oc2ccc(OC(=O)c3ccc(/C=C/C(=O)OC)cc3)cc2C(=O)OCCCCCCCCCCCOC(=O)C(C)CC)cc1.P. The number of rotatable bonds is 23. The van der Waals surface area contributed by atoms with E-state index < -0.39 is 23.9 Å². The molecule has 0 heterocycles. The van der Waals surface area contributed by atoms with E-state index in [-0.39, 0.29) is 51.0 Å². The zero-order valence-electron chi connectivity index (χ0n) is 40.2. The van der Waals surface area contributed by atoms with Gasteiger partial charge in [0.05, 0.1) is 37.4 Å². The van der Waals surface area contributed by atoms with Gasteiger partial charge in [0.2, 0.25) is 0 Å². The van der Waals surface area contributed by atoms with Crippen LogP contribution >= 0.6 is 9.90 Å². The van der Waals surface area contributed by atoms with Crippen molar-refractivity contribution in [1.29, 1.82) is 0 Å². The smallest absolute Gasteiger partial charge is 0.343 e. The summed E-state index contributed by atoms with van der Waals surface area (Å²) in [4.78, 5) is 62.4. The lowest BCUT2D eigenvalue weighted by Gasteiger charge is -2.13. The first-order chi connectivity index (χ1) is 30.0. The molecule has 352 valence electrons. The summed E-state index contributed by atoms with van der Waals surface area (Å²) in [5.74, 6) is -2.61. The van der Waals surface area contributed by atoms with Crippen molar-refractivity contribution in [2.45, 2.75) is 152 Å². The van der Waals surface area contributed by atoms with E-state index in [2.05, 4.69) is 39.4 Å². The van der Waals surface area contributed by atoms with Crippen LogP contribution in [0.2, 0.25) is 0 Å². The highest BCUT2D eigenvalue weighted by Crippen LogP contribution is 2.27. The number of carbonyl (C=O) groups excluding carboxylic acids is 5. The van der Waals surface area contributed by atoms with Crippen molar-refractivity contribution in [3.8, 4) is 11.5 Å². The molecule has 63 heavy (non-hydrogen) atoms. The minimum atomic E-state index is -0.703. The zero-order valence-corrected chi connectivity index (χ0v) is 41.6. The first-order valence-electron chi connectivity index (χ1n) is 22.8. The van der Waals surface area contributed by atoms with Crippen LogP contribution < -0.4 is 9.47 Å². The Bertz CT molecular complexity index is 1720. The van der Waals surface area contributed by atoms with Crippen molar-refractivity contribution in [3.05, 3.63) is 101 Å². The molecular formula is C52H79O10P. The fourth-order valence-corrected chi connectivity index (χ4v) is 5.37. The maximum absolute atomic E-state index is 13.3. The molecule has 3 aromatic rings. The normalized spacial score (nSPS) is 10.5. The molecule has 0 aliphatic heterocycles. The second-order valence-electron chi connectivity index (χ2n) is 14.6. The molecule has 3 rings (SSSR count). The topological polar surface area (TPSA) is 132 Å². The van der Waals surface area contributed by atoms with Crippen molar-refractivity contribution in [2.24, 2.45) is 5.92 Å². The number of methoxy groups -OCH3 is 1. The Morgan fingerprint density at radius 1 is 0.603 bits per heavy atom. The second-order valence-corrected chi connectivity index (χ2v) is 14.6. The van der Waals surface area contributed by atoms with Crippen molar-refractivity contribution in [2.75, 3.05) is 20.3 Å². The van der Waals surface area contributed by atoms with E-state index in [9.17, 15) is 24.0 Å². The molecule has 0 amide bonds. The third-order valence-electron chi connectivity index (χ3n) is 8.85. The van der Waals surface area contributed by atoms with E-state index in [1.165, 1.54) is 44.2 Å². The third-order valence-corrected chi connectivity index (χ3v) is 8.85. The highest BCUT2D eigenvalue weighted by Gasteiger charge is 2.21. The Kier molecular flexibility index (Phi) is 37.1. The average Bonchev–Trinajstić information content (AvgIpc) is 3.28. The van der Waals surface area contributed by atoms with Crippen molar-refractivity contribution in [1.82, 2.24) is 0 Å². The van der Waals surface area contributed by atoms with Crippen LogP contribution in [0.25, 0.3) is 6.08 Å². The van der Waals surface area contributed by atoms with Crippen LogP contribution in [0.1, 0.15) is 188 Å². The number of benzene rings is 3. The summed E-state index contributed by atoms with van der Waals surface area (Å²) in [6, 6.07) is 17.7. The first kappa shape index (κ1) is 60.3. The van der Waals surface area contributed by atoms with Crippen LogP contribution in [0, 0.1) is 5.92 Å². The van der Waals surface area contributed by atoms with Gasteiger partial charge in [0, 0.05) is 6.08 Å². The third kappa shape index (κ3) is 27.1. The molecule has 0 aromatic heterocycles. The lowest BCUT2D eigenvalue weighted by molar-refractivity contribution is -0.148. The van der Waals surface area contributed by atoms with E-state index in [0.29, 0.717) is 24.2 Å². The molecule has 0 fully saturated rings. The second kappa shape index (κ2) is 38.8. The van der Waals surface area contributed by atoms with Gasteiger partial charge in [0.25, 0.3) is 0 Å². The van der Waals surface area contributed by atoms with E-state index in [4.69, 9.17) is 18.9 Å². The Morgan fingerprint density at radius 3 is 1.57 bits per heavy atom. The van der Waals surface area contributed by atoms with Gasteiger partial charge >= 0.3 is 29.8 Å². The first-order valence-corrected chi connectivity index (χ1v) is 22.8. The predicted octanol–water partition coefficient (Wildman–Crippen LogP) is 13.4. The molecule has 0 spiro atoms. The predicted molar refractivity (Wildman–Crippen MR) is 261 cm³/mol. The number of hydrogen-bond donors (Lipinski definition) is 0. The van der Waals surface area contributed by atoms with Gasteiger partial charge in [-0.1, -0.05) is 151 Å². The largest absolute Gasteiger partial charge is 0.466 e. The summed E-state index contributed by atoms with van der Waals surface area (Å²) in [5.41, 5.74) is 2.31. The minimum absolute atomic E-state index is 0. The van der Waals surface area contributed by atoms with Gasteiger partial charge in [-0.15, -0.1) is 0 Å². The maximum Gasteiger partial charge on any atom is 0.343 e. The lowest BCUT2D eigenvalue weighted by Crippen LogP contribution is -2.14. The van der Waals surface area contributed by atoms with Gasteiger partial charge in [-0.05, 0) is 85.4 Å². The minimum Gasteiger partial charge on any atom is -0.466 e. The van der Waals surface area contributed by atoms with Gasteiger partial charge in [-0.2, -0.15) is 9.90 Å². The number of carbonyl (C=O) groups is 5. The fraction of sp³-hybridized carbons (Fsp3) is 0.519. The van der Waals surface area contributed by atoms with Gasteiger partial charge in [-0.25, -0.2) is 19.2 Å². The summed E-state index contributed by atoms with van der Waals surface area (Å²) in [6.07, 6.45) is 16.9. The summed E-state index contributed by atoms with van der Waals surface area (Å²) in [7, 11) is 1.28. The maximum atomic E-state index is 13.3. The summed E-state index contributed by atoms with van der Waals surface area (Å²) in [5, 5.41) is 0. The summed E-state index contributed by atoms with van der Waals surface area (Å²) >= 11 is 0. The van der Waals surface area contributed by atoms with E-state index in [1.807, 2.05) is 39.8 Å². The highest BCUT2D eigenvalue weighted by atomic mass is 31.0. The molecule has 3 aromatic carbocycles.